The highest BCUT2D eigenvalue weighted by Gasteiger charge is 2.09. The third-order valence-corrected chi connectivity index (χ3v) is 3.28. The minimum Gasteiger partial charge on any atom is -0.348 e. The van der Waals surface area contributed by atoms with E-state index in [1.54, 1.807) is 0 Å². The van der Waals surface area contributed by atoms with Crippen LogP contribution in [-0.4, -0.2) is 10.8 Å². The zero-order chi connectivity index (χ0) is 15.4. The van der Waals surface area contributed by atoms with Gasteiger partial charge in [0.25, 0.3) is 11.6 Å². The molecule has 0 heterocycles. The Balaban J connectivity index is 2.02. The van der Waals surface area contributed by atoms with E-state index in [0.717, 1.165) is 11.1 Å². The first-order valence-corrected chi connectivity index (χ1v) is 6.56. The summed E-state index contributed by atoms with van der Waals surface area (Å²) >= 11 is 0. The number of nitro benzene ring substituents is 1. The van der Waals surface area contributed by atoms with Crippen molar-refractivity contribution in [2.24, 2.45) is 0 Å². The lowest BCUT2D eigenvalue weighted by atomic mass is 10.1. The van der Waals surface area contributed by atoms with Crippen LogP contribution >= 0.6 is 0 Å². The molecule has 2 rings (SSSR count). The summed E-state index contributed by atoms with van der Waals surface area (Å²) in [6.45, 7) is 4.45. The number of nitrogens with one attached hydrogen (secondary N) is 1. The number of carbonyl (C=O) groups excluding carboxylic acids is 1. The Morgan fingerprint density at radius 1 is 1.14 bits per heavy atom. The summed E-state index contributed by atoms with van der Waals surface area (Å²) in [4.78, 5) is 22.1. The number of nitrogens with zero attached hydrogens (tertiary/aromatic N) is 1. The first kappa shape index (κ1) is 14.7. The molecule has 5 heteroatoms. The normalized spacial score (nSPS) is 10.2. The van der Waals surface area contributed by atoms with Crippen LogP contribution in [0.1, 0.15) is 27.0 Å². The van der Waals surface area contributed by atoms with Crippen molar-refractivity contribution in [2.75, 3.05) is 0 Å². The van der Waals surface area contributed by atoms with E-state index in [9.17, 15) is 14.9 Å². The second kappa shape index (κ2) is 6.17. The second-order valence-electron chi connectivity index (χ2n) is 4.92. The number of amides is 1. The van der Waals surface area contributed by atoms with Crippen LogP contribution in [0, 0.1) is 24.0 Å². The van der Waals surface area contributed by atoms with E-state index in [1.165, 1.54) is 29.8 Å². The van der Waals surface area contributed by atoms with Gasteiger partial charge in [0.05, 0.1) is 4.92 Å². The minimum absolute atomic E-state index is 0.0269. The van der Waals surface area contributed by atoms with Crippen molar-refractivity contribution in [2.45, 2.75) is 20.4 Å². The van der Waals surface area contributed by atoms with Crippen LogP contribution in [0.3, 0.4) is 0 Å². The molecule has 1 amide bonds. The lowest BCUT2D eigenvalue weighted by Gasteiger charge is -2.09. The number of rotatable bonds is 4. The van der Waals surface area contributed by atoms with E-state index in [1.807, 2.05) is 26.0 Å². The Morgan fingerprint density at radius 3 is 2.38 bits per heavy atom. The molecule has 0 aliphatic heterocycles. The lowest BCUT2D eigenvalue weighted by molar-refractivity contribution is -0.384. The minimum atomic E-state index is -0.489. The highest BCUT2D eigenvalue weighted by molar-refractivity contribution is 5.94. The van der Waals surface area contributed by atoms with Gasteiger partial charge in [-0.05, 0) is 37.1 Å². The van der Waals surface area contributed by atoms with Crippen molar-refractivity contribution in [3.05, 3.63) is 74.8 Å². The SMILES string of the molecule is Cc1ccc(CNC(=O)c2ccc([N+](=O)[O-])cc2)c(C)c1. The summed E-state index contributed by atoms with van der Waals surface area (Å²) in [7, 11) is 0. The van der Waals surface area contributed by atoms with E-state index in [4.69, 9.17) is 0 Å². The zero-order valence-corrected chi connectivity index (χ0v) is 11.9. The summed E-state index contributed by atoms with van der Waals surface area (Å²) in [5.74, 6) is -0.245. The Hall–Kier alpha value is -2.69. The quantitative estimate of drug-likeness (QED) is 0.692. The third kappa shape index (κ3) is 3.66. The molecule has 0 aliphatic rings. The molecule has 0 atom stereocenters. The molecule has 0 aliphatic carbocycles. The van der Waals surface area contributed by atoms with E-state index in [-0.39, 0.29) is 11.6 Å². The Bertz CT molecular complexity index is 678. The number of non-ortho nitro benzene ring substituents is 1. The van der Waals surface area contributed by atoms with Gasteiger partial charge in [0.2, 0.25) is 0 Å². The molecule has 0 unspecified atom stereocenters. The first-order valence-electron chi connectivity index (χ1n) is 6.56. The first-order chi connectivity index (χ1) is 9.97. The average Bonchev–Trinajstić information content (AvgIpc) is 2.46. The molecule has 1 N–H and O–H groups in total. The summed E-state index contributed by atoms with van der Waals surface area (Å²) in [5, 5.41) is 13.4. The summed E-state index contributed by atoms with van der Waals surface area (Å²) in [6, 6.07) is 11.6. The second-order valence-corrected chi connectivity index (χ2v) is 4.92. The fourth-order valence-corrected chi connectivity index (χ4v) is 2.06. The molecule has 0 bridgehead atoms. The molecule has 0 fully saturated rings. The van der Waals surface area contributed by atoms with Crippen molar-refractivity contribution in [3.8, 4) is 0 Å². The zero-order valence-electron chi connectivity index (χ0n) is 11.9. The number of aryl methyl sites for hydroxylation is 2. The number of benzene rings is 2. The van der Waals surface area contributed by atoms with Crippen LogP contribution in [0.25, 0.3) is 0 Å². The molecular formula is C16H16N2O3. The van der Waals surface area contributed by atoms with Gasteiger partial charge in [0.1, 0.15) is 0 Å². The molecule has 0 saturated carbocycles. The fourth-order valence-electron chi connectivity index (χ4n) is 2.06. The molecule has 0 aromatic heterocycles. The number of hydrogen-bond donors (Lipinski definition) is 1. The summed E-state index contributed by atoms with van der Waals surface area (Å²) in [5.41, 5.74) is 3.74. The average molecular weight is 284 g/mol. The van der Waals surface area contributed by atoms with Gasteiger partial charge in [0.15, 0.2) is 0 Å². The molecule has 0 saturated heterocycles. The maximum Gasteiger partial charge on any atom is 0.269 e. The molecule has 2 aromatic carbocycles. The van der Waals surface area contributed by atoms with E-state index in [2.05, 4.69) is 11.4 Å². The van der Waals surface area contributed by atoms with Gasteiger partial charge in [-0.2, -0.15) is 0 Å². The van der Waals surface area contributed by atoms with Gasteiger partial charge in [0, 0.05) is 24.2 Å². The van der Waals surface area contributed by atoms with E-state index < -0.39 is 4.92 Å². The Kier molecular flexibility index (Phi) is 4.33. The van der Waals surface area contributed by atoms with Gasteiger partial charge >= 0.3 is 0 Å². The van der Waals surface area contributed by atoms with Crippen molar-refractivity contribution in [1.82, 2.24) is 5.32 Å². The Labute approximate surface area is 122 Å². The molecule has 2 aromatic rings. The van der Waals surface area contributed by atoms with E-state index in [0.29, 0.717) is 12.1 Å². The largest absolute Gasteiger partial charge is 0.348 e. The molecule has 108 valence electrons. The number of carbonyl (C=O) groups is 1. The molecule has 0 spiro atoms. The van der Waals surface area contributed by atoms with Crippen LogP contribution in [0.4, 0.5) is 5.69 Å². The van der Waals surface area contributed by atoms with Crippen molar-refractivity contribution < 1.29 is 9.72 Å². The monoisotopic (exact) mass is 284 g/mol. The van der Waals surface area contributed by atoms with Crippen LogP contribution in [0.15, 0.2) is 42.5 Å². The number of nitro groups is 1. The van der Waals surface area contributed by atoms with Crippen LogP contribution in [0.5, 0.6) is 0 Å². The van der Waals surface area contributed by atoms with Crippen LogP contribution in [-0.2, 0) is 6.54 Å². The predicted octanol–water partition coefficient (Wildman–Crippen LogP) is 3.14. The van der Waals surface area contributed by atoms with Crippen molar-refractivity contribution >= 4 is 11.6 Å². The molecule has 0 radical (unpaired) electrons. The Morgan fingerprint density at radius 2 is 1.81 bits per heavy atom. The van der Waals surface area contributed by atoms with Crippen molar-refractivity contribution in [3.63, 3.8) is 0 Å². The standard InChI is InChI=1S/C16H16N2O3/c1-11-3-4-14(12(2)9-11)10-17-16(19)13-5-7-15(8-6-13)18(20)21/h3-9H,10H2,1-2H3,(H,17,19). The van der Waals surface area contributed by atoms with Crippen LogP contribution in [0.2, 0.25) is 0 Å². The van der Waals surface area contributed by atoms with Gasteiger partial charge in [-0.15, -0.1) is 0 Å². The highest BCUT2D eigenvalue weighted by atomic mass is 16.6. The smallest absolute Gasteiger partial charge is 0.269 e. The predicted molar refractivity (Wildman–Crippen MR) is 80.2 cm³/mol. The van der Waals surface area contributed by atoms with E-state index >= 15 is 0 Å². The topological polar surface area (TPSA) is 72.2 Å². The highest BCUT2D eigenvalue weighted by Crippen LogP contribution is 2.13. The van der Waals surface area contributed by atoms with Gasteiger partial charge < -0.3 is 5.32 Å². The maximum absolute atomic E-state index is 12.0. The molecular weight excluding hydrogens is 268 g/mol. The van der Waals surface area contributed by atoms with Crippen molar-refractivity contribution in [1.29, 1.82) is 0 Å². The lowest BCUT2D eigenvalue weighted by Crippen LogP contribution is -2.23. The molecule has 5 nitrogen and oxygen atoms in total. The summed E-state index contributed by atoms with van der Waals surface area (Å²) in [6.07, 6.45) is 0. The number of hydrogen-bond acceptors (Lipinski definition) is 3. The van der Waals surface area contributed by atoms with Crippen LogP contribution < -0.4 is 5.32 Å². The summed E-state index contributed by atoms with van der Waals surface area (Å²) < 4.78 is 0. The third-order valence-electron chi connectivity index (χ3n) is 3.28. The van der Waals surface area contributed by atoms with Gasteiger partial charge in [-0.1, -0.05) is 23.8 Å². The van der Waals surface area contributed by atoms with Gasteiger partial charge in [-0.25, -0.2) is 0 Å². The molecule has 21 heavy (non-hydrogen) atoms. The van der Waals surface area contributed by atoms with Gasteiger partial charge in [-0.3, -0.25) is 14.9 Å². The fraction of sp³-hybridized carbons (Fsp3) is 0.188. The maximum atomic E-state index is 12.0.